The topological polar surface area (TPSA) is 83.5 Å². The Balaban J connectivity index is 2.01. The van der Waals surface area contributed by atoms with Gasteiger partial charge in [-0.1, -0.05) is 29.4 Å². The fourth-order valence-corrected chi connectivity index (χ4v) is 1.91. The highest BCUT2D eigenvalue weighted by molar-refractivity contribution is 5.97. The van der Waals surface area contributed by atoms with Crippen LogP contribution < -0.4 is 11.1 Å². The van der Waals surface area contributed by atoms with Gasteiger partial charge in [0, 0.05) is 24.3 Å². The molecule has 1 aromatic heterocycles. The van der Waals surface area contributed by atoms with Gasteiger partial charge in [0.2, 0.25) is 0 Å². The van der Waals surface area contributed by atoms with Gasteiger partial charge in [-0.05, 0) is 30.7 Å². The van der Waals surface area contributed by atoms with Gasteiger partial charge in [-0.25, -0.2) is 0 Å². The minimum Gasteiger partial charge on any atom is -0.409 e. The maximum atomic E-state index is 8.68. The lowest BCUT2D eigenvalue weighted by molar-refractivity contribution is 0.318. The lowest BCUT2D eigenvalue weighted by Crippen LogP contribution is -2.19. The number of amidine groups is 1. The summed E-state index contributed by atoms with van der Waals surface area (Å²) >= 11 is 0. The number of pyridine rings is 1. The third-order valence-corrected chi connectivity index (χ3v) is 3.07. The van der Waals surface area contributed by atoms with Crippen molar-refractivity contribution in [2.24, 2.45) is 10.9 Å². The van der Waals surface area contributed by atoms with E-state index < -0.39 is 0 Å². The van der Waals surface area contributed by atoms with Crippen LogP contribution in [0.4, 0.5) is 0 Å². The summed E-state index contributed by atoms with van der Waals surface area (Å²) in [5, 5.41) is 15.1. The van der Waals surface area contributed by atoms with Gasteiger partial charge in [-0.15, -0.1) is 0 Å². The van der Waals surface area contributed by atoms with Crippen molar-refractivity contribution < 1.29 is 5.21 Å². The van der Waals surface area contributed by atoms with E-state index in [1.165, 1.54) is 0 Å². The largest absolute Gasteiger partial charge is 0.409 e. The Morgan fingerprint density at radius 3 is 2.90 bits per heavy atom. The summed E-state index contributed by atoms with van der Waals surface area (Å²) in [5.41, 5.74) is 8.35. The molecule has 2 aromatic rings. The number of rotatable bonds is 5. The first-order valence-electron chi connectivity index (χ1n) is 6.42. The smallest absolute Gasteiger partial charge is 0.170 e. The summed E-state index contributed by atoms with van der Waals surface area (Å²) in [6.45, 7) is 2.75. The monoisotopic (exact) mass is 270 g/mol. The minimum atomic E-state index is 0.115. The first kappa shape index (κ1) is 14.0. The average molecular weight is 270 g/mol. The second-order valence-corrected chi connectivity index (χ2v) is 4.54. The van der Waals surface area contributed by atoms with Gasteiger partial charge in [-0.3, -0.25) is 4.98 Å². The first-order chi connectivity index (χ1) is 9.70. The molecule has 2 rings (SSSR count). The van der Waals surface area contributed by atoms with E-state index in [0.717, 1.165) is 11.3 Å². The highest BCUT2D eigenvalue weighted by atomic mass is 16.4. The number of nitrogens with zero attached hydrogens (tertiary/aromatic N) is 2. The summed E-state index contributed by atoms with van der Waals surface area (Å²) in [6, 6.07) is 13.6. The Bertz CT molecular complexity index is 583. The summed E-state index contributed by atoms with van der Waals surface area (Å²) in [7, 11) is 0. The van der Waals surface area contributed by atoms with Crippen molar-refractivity contribution in [3.63, 3.8) is 0 Å². The summed E-state index contributed by atoms with van der Waals surface area (Å²) in [4.78, 5) is 4.32. The van der Waals surface area contributed by atoms with Crippen LogP contribution in [0.1, 0.15) is 29.8 Å². The summed E-state index contributed by atoms with van der Waals surface area (Å²) < 4.78 is 0. The number of aromatic nitrogens is 1. The van der Waals surface area contributed by atoms with Crippen LogP contribution in [-0.2, 0) is 6.54 Å². The van der Waals surface area contributed by atoms with Crippen molar-refractivity contribution >= 4 is 5.84 Å². The van der Waals surface area contributed by atoms with Crippen LogP contribution in [-0.4, -0.2) is 16.0 Å². The predicted molar refractivity (Wildman–Crippen MR) is 78.4 cm³/mol. The molecule has 0 aliphatic rings. The minimum absolute atomic E-state index is 0.115. The van der Waals surface area contributed by atoms with E-state index in [9.17, 15) is 0 Å². The Labute approximate surface area is 118 Å². The van der Waals surface area contributed by atoms with Crippen molar-refractivity contribution in [3.8, 4) is 0 Å². The quantitative estimate of drug-likeness (QED) is 0.336. The lowest BCUT2D eigenvalue weighted by Gasteiger charge is -2.13. The molecule has 0 unspecified atom stereocenters. The summed E-state index contributed by atoms with van der Waals surface area (Å²) in [6.07, 6.45) is 1.78. The highest BCUT2D eigenvalue weighted by Crippen LogP contribution is 2.10. The molecule has 0 radical (unpaired) electrons. The van der Waals surface area contributed by atoms with Crippen LogP contribution in [0.25, 0.3) is 0 Å². The normalized spacial score (nSPS) is 13.2. The molecular formula is C15H18N4O. The number of nitrogens with one attached hydrogen (secondary N) is 1. The molecule has 0 saturated heterocycles. The zero-order valence-electron chi connectivity index (χ0n) is 11.3. The number of hydrogen-bond acceptors (Lipinski definition) is 4. The molecule has 0 saturated carbocycles. The van der Waals surface area contributed by atoms with Crippen molar-refractivity contribution in [1.82, 2.24) is 10.3 Å². The molecule has 1 atom stereocenters. The van der Waals surface area contributed by atoms with Gasteiger partial charge >= 0.3 is 0 Å². The molecule has 5 nitrogen and oxygen atoms in total. The van der Waals surface area contributed by atoms with Crippen LogP contribution in [0.5, 0.6) is 0 Å². The highest BCUT2D eigenvalue weighted by Gasteiger charge is 2.06. The third kappa shape index (κ3) is 3.55. The molecule has 20 heavy (non-hydrogen) atoms. The molecule has 4 N–H and O–H groups in total. The maximum absolute atomic E-state index is 8.68. The molecule has 1 heterocycles. The number of oxime groups is 1. The Hall–Kier alpha value is -2.40. The molecule has 0 fully saturated rings. The fraction of sp³-hybridized carbons (Fsp3) is 0.200. The zero-order valence-corrected chi connectivity index (χ0v) is 11.3. The molecule has 1 aromatic carbocycles. The maximum Gasteiger partial charge on any atom is 0.170 e. The zero-order chi connectivity index (χ0) is 14.4. The van der Waals surface area contributed by atoms with E-state index in [1.807, 2.05) is 36.4 Å². The van der Waals surface area contributed by atoms with E-state index in [1.54, 1.807) is 12.3 Å². The molecule has 0 aliphatic carbocycles. The van der Waals surface area contributed by atoms with Gasteiger partial charge in [0.1, 0.15) is 0 Å². The Morgan fingerprint density at radius 1 is 1.35 bits per heavy atom. The molecule has 0 aliphatic heterocycles. The average Bonchev–Trinajstić information content (AvgIpc) is 2.53. The molecule has 104 valence electrons. The Morgan fingerprint density at radius 2 is 2.20 bits per heavy atom. The molecule has 0 bridgehead atoms. The van der Waals surface area contributed by atoms with Crippen LogP contribution in [0, 0.1) is 0 Å². The molecular weight excluding hydrogens is 252 g/mol. The third-order valence-electron chi connectivity index (χ3n) is 3.07. The molecule has 5 heteroatoms. The van der Waals surface area contributed by atoms with E-state index in [2.05, 4.69) is 22.4 Å². The van der Waals surface area contributed by atoms with Crippen molar-refractivity contribution in [3.05, 3.63) is 65.5 Å². The van der Waals surface area contributed by atoms with E-state index >= 15 is 0 Å². The van der Waals surface area contributed by atoms with E-state index in [-0.39, 0.29) is 11.9 Å². The van der Waals surface area contributed by atoms with Crippen molar-refractivity contribution in [1.29, 1.82) is 0 Å². The van der Waals surface area contributed by atoms with E-state index in [4.69, 9.17) is 10.9 Å². The van der Waals surface area contributed by atoms with Crippen LogP contribution >= 0.6 is 0 Å². The second kappa shape index (κ2) is 6.68. The van der Waals surface area contributed by atoms with Gasteiger partial charge in [0.15, 0.2) is 5.84 Å². The number of benzene rings is 1. The number of hydrogen-bond donors (Lipinski definition) is 3. The standard InChI is InChI=1S/C15H18N4O/c1-11(14-7-2-3-8-17-14)18-10-12-5-4-6-13(9-12)15(16)19-20/h2-9,11,18,20H,10H2,1H3,(H2,16,19)/t11-/m0/s1. The van der Waals surface area contributed by atoms with Gasteiger partial charge < -0.3 is 16.3 Å². The van der Waals surface area contributed by atoms with Crippen molar-refractivity contribution in [2.75, 3.05) is 0 Å². The van der Waals surface area contributed by atoms with Gasteiger partial charge in [-0.2, -0.15) is 0 Å². The van der Waals surface area contributed by atoms with E-state index in [0.29, 0.717) is 12.1 Å². The molecule has 0 spiro atoms. The second-order valence-electron chi connectivity index (χ2n) is 4.54. The summed E-state index contributed by atoms with van der Waals surface area (Å²) in [5.74, 6) is 0.115. The molecule has 0 amide bonds. The SMILES string of the molecule is C[C@H](NCc1cccc(/C(N)=N/O)c1)c1ccccn1. The van der Waals surface area contributed by atoms with Crippen LogP contribution in [0.15, 0.2) is 53.8 Å². The van der Waals surface area contributed by atoms with Crippen molar-refractivity contribution in [2.45, 2.75) is 19.5 Å². The fourth-order valence-electron chi connectivity index (χ4n) is 1.91. The van der Waals surface area contributed by atoms with Gasteiger partial charge in [0.25, 0.3) is 0 Å². The van der Waals surface area contributed by atoms with Gasteiger partial charge in [0.05, 0.1) is 5.69 Å². The van der Waals surface area contributed by atoms with Crippen LogP contribution in [0.2, 0.25) is 0 Å². The predicted octanol–water partition coefficient (Wildman–Crippen LogP) is 2.03. The number of nitrogens with two attached hydrogens (primary N) is 1. The first-order valence-corrected chi connectivity index (χ1v) is 6.42. The lowest BCUT2D eigenvalue weighted by atomic mass is 10.1. The van der Waals surface area contributed by atoms with Crippen LogP contribution in [0.3, 0.4) is 0 Å². The Kier molecular flexibility index (Phi) is 4.68.